The normalized spacial score (nSPS) is 11.7. The fourth-order valence-corrected chi connectivity index (χ4v) is 2.65. The fourth-order valence-electron chi connectivity index (χ4n) is 2.53. The number of ether oxygens (including phenoxy) is 2. The molecule has 0 saturated carbocycles. The van der Waals surface area contributed by atoms with Gasteiger partial charge in [0, 0.05) is 22.3 Å². The smallest absolute Gasteiger partial charge is 0.279 e. The number of halogens is 1. The third kappa shape index (κ3) is 5.93. The first-order valence-corrected chi connectivity index (χ1v) is 9.19. The quantitative estimate of drug-likeness (QED) is 0.704. The van der Waals surface area contributed by atoms with Gasteiger partial charge in [-0.15, -0.1) is 0 Å². The van der Waals surface area contributed by atoms with Crippen molar-refractivity contribution in [2.24, 2.45) is 0 Å². The number of amides is 1. The maximum Gasteiger partial charge on any atom is 0.279 e. The van der Waals surface area contributed by atoms with E-state index in [1.54, 1.807) is 6.07 Å². The molecule has 2 rings (SSSR count). The van der Waals surface area contributed by atoms with Gasteiger partial charge in [-0.25, -0.2) is 0 Å². The van der Waals surface area contributed by atoms with E-state index < -0.39 is 0 Å². The summed E-state index contributed by atoms with van der Waals surface area (Å²) < 4.78 is 11.1. The minimum absolute atomic E-state index is 0.0718. The van der Waals surface area contributed by atoms with Crippen LogP contribution in [0.1, 0.15) is 32.4 Å². The van der Waals surface area contributed by atoms with E-state index in [0.29, 0.717) is 42.0 Å². The number of anilines is 1. The van der Waals surface area contributed by atoms with E-state index in [9.17, 15) is 4.79 Å². The number of benzene rings is 2. The Bertz CT molecular complexity index is 719. The molecule has 0 aliphatic heterocycles. The summed E-state index contributed by atoms with van der Waals surface area (Å²) in [6.07, 6.45) is 0. The summed E-state index contributed by atoms with van der Waals surface area (Å²) in [6, 6.07) is 13.2. The topological polar surface area (TPSA) is 64.2 Å². The molecule has 0 radical (unpaired) electrons. The monoisotopic (exact) mass is 377 g/mol. The minimum atomic E-state index is -0.0718. The summed E-state index contributed by atoms with van der Waals surface area (Å²) in [6.45, 7) is 7.30. The third-order valence-electron chi connectivity index (χ3n) is 3.88. The average Bonchev–Trinajstić information content (AvgIpc) is 2.63. The lowest BCUT2D eigenvalue weighted by Gasteiger charge is -2.14. The number of nitrogens with two attached hydrogens (primary N) is 1. The molecule has 0 aliphatic rings. The second-order valence-electron chi connectivity index (χ2n) is 5.86. The Morgan fingerprint density at radius 1 is 1.08 bits per heavy atom. The molecular formula is C20H26ClN2O3+. The number of quaternary nitrogens is 1. The van der Waals surface area contributed by atoms with Gasteiger partial charge in [0.2, 0.25) is 0 Å². The van der Waals surface area contributed by atoms with Gasteiger partial charge in [-0.05, 0) is 45.0 Å². The van der Waals surface area contributed by atoms with E-state index in [1.807, 2.05) is 55.6 Å². The van der Waals surface area contributed by atoms with Gasteiger partial charge in [0.15, 0.2) is 18.0 Å². The standard InChI is InChI=1S/C20H25ClN2O3/c1-4-25-18-11-10-17(12-19(18)26-5-2)23-20(24)13-22-14(3)15-6-8-16(21)9-7-15/h6-12,14,22H,4-5,13H2,1-3H3,(H,23,24)/p+1/t14-/m0/s1. The molecule has 1 amide bonds. The number of hydrogen-bond donors (Lipinski definition) is 2. The Labute approximate surface area is 159 Å². The zero-order valence-corrected chi connectivity index (χ0v) is 16.2. The molecule has 140 valence electrons. The van der Waals surface area contributed by atoms with Crippen LogP contribution in [0.2, 0.25) is 5.02 Å². The SMILES string of the molecule is CCOc1ccc(NC(=O)C[NH2+][C@@H](C)c2ccc(Cl)cc2)cc1OCC. The number of hydrogen-bond acceptors (Lipinski definition) is 3. The van der Waals surface area contributed by atoms with Crippen molar-refractivity contribution in [3.8, 4) is 11.5 Å². The zero-order valence-electron chi connectivity index (χ0n) is 15.4. The molecule has 0 spiro atoms. The fraction of sp³-hybridized carbons (Fsp3) is 0.350. The molecule has 26 heavy (non-hydrogen) atoms. The second kappa shape index (κ2) is 10.0. The number of carbonyl (C=O) groups is 1. The van der Waals surface area contributed by atoms with E-state index in [2.05, 4.69) is 12.2 Å². The van der Waals surface area contributed by atoms with Crippen molar-refractivity contribution in [3.63, 3.8) is 0 Å². The lowest BCUT2D eigenvalue weighted by Crippen LogP contribution is -2.86. The van der Waals surface area contributed by atoms with Crippen LogP contribution in [-0.4, -0.2) is 25.7 Å². The lowest BCUT2D eigenvalue weighted by molar-refractivity contribution is -0.682. The largest absolute Gasteiger partial charge is 0.490 e. The molecule has 0 unspecified atom stereocenters. The summed E-state index contributed by atoms with van der Waals surface area (Å²) in [5, 5.41) is 5.59. The van der Waals surface area contributed by atoms with E-state index in [0.717, 1.165) is 5.56 Å². The van der Waals surface area contributed by atoms with Gasteiger partial charge in [-0.3, -0.25) is 4.79 Å². The molecule has 2 aromatic rings. The summed E-state index contributed by atoms with van der Waals surface area (Å²) >= 11 is 5.91. The van der Waals surface area contributed by atoms with Gasteiger partial charge in [-0.1, -0.05) is 23.7 Å². The predicted molar refractivity (Wildman–Crippen MR) is 104 cm³/mol. The van der Waals surface area contributed by atoms with E-state index in [4.69, 9.17) is 21.1 Å². The van der Waals surface area contributed by atoms with Gasteiger partial charge in [0.1, 0.15) is 6.04 Å². The first-order chi connectivity index (χ1) is 12.5. The highest BCUT2D eigenvalue weighted by molar-refractivity contribution is 6.30. The number of carbonyl (C=O) groups excluding carboxylic acids is 1. The van der Waals surface area contributed by atoms with Crippen LogP contribution < -0.4 is 20.1 Å². The Kier molecular flexibility index (Phi) is 7.75. The maximum atomic E-state index is 12.2. The molecule has 3 N–H and O–H groups in total. The molecule has 0 aromatic heterocycles. The number of nitrogens with one attached hydrogen (secondary N) is 1. The Morgan fingerprint density at radius 3 is 2.38 bits per heavy atom. The molecule has 1 atom stereocenters. The van der Waals surface area contributed by atoms with Crippen molar-refractivity contribution in [1.29, 1.82) is 0 Å². The van der Waals surface area contributed by atoms with Crippen molar-refractivity contribution < 1.29 is 19.6 Å². The van der Waals surface area contributed by atoms with Crippen LogP contribution in [0.4, 0.5) is 5.69 Å². The molecule has 2 aromatic carbocycles. The Balaban J connectivity index is 1.92. The van der Waals surface area contributed by atoms with Gasteiger partial charge in [0.25, 0.3) is 5.91 Å². The average molecular weight is 378 g/mol. The molecule has 0 saturated heterocycles. The minimum Gasteiger partial charge on any atom is -0.490 e. The highest BCUT2D eigenvalue weighted by atomic mass is 35.5. The van der Waals surface area contributed by atoms with Crippen molar-refractivity contribution in [1.82, 2.24) is 0 Å². The van der Waals surface area contributed by atoms with E-state index >= 15 is 0 Å². The Hall–Kier alpha value is -2.24. The van der Waals surface area contributed by atoms with Crippen molar-refractivity contribution in [2.75, 3.05) is 25.1 Å². The highest BCUT2D eigenvalue weighted by Crippen LogP contribution is 2.30. The number of rotatable bonds is 9. The zero-order chi connectivity index (χ0) is 18.9. The summed E-state index contributed by atoms with van der Waals surface area (Å²) in [4.78, 5) is 12.2. The van der Waals surface area contributed by atoms with Crippen LogP contribution >= 0.6 is 11.6 Å². The summed E-state index contributed by atoms with van der Waals surface area (Å²) in [5.74, 6) is 1.23. The molecular weight excluding hydrogens is 352 g/mol. The van der Waals surface area contributed by atoms with E-state index in [-0.39, 0.29) is 11.9 Å². The van der Waals surface area contributed by atoms with Crippen molar-refractivity contribution in [3.05, 3.63) is 53.1 Å². The Morgan fingerprint density at radius 2 is 1.73 bits per heavy atom. The van der Waals surface area contributed by atoms with Crippen LogP contribution in [0.15, 0.2) is 42.5 Å². The van der Waals surface area contributed by atoms with Gasteiger partial charge in [-0.2, -0.15) is 0 Å². The van der Waals surface area contributed by atoms with Crippen LogP contribution in [0.5, 0.6) is 11.5 Å². The van der Waals surface area contributed by atoms with Crippen LogP contribution in [0.3, 0.4) is 0 Å². The van der Waals surface area contributed by atoms with Gasteiger partial charge >= 0.3 is 0 Å². The van der Waals surface area contributed by atoms with Crippen LogP contribution in [0, 0.1) is 0 Å². The van der Waals surface area contributed by atoms with Crippen LogP contribution in [-0.2, 0) is 4.79 Å². The summed E-state index contributed by atoms with van der Waals surface area (Å²) in [5.41, 5.74) is 1.82. The van der Waals surface area contributed by atoms with Gasteiger partial charge in [0.05, 0.1) is 13.2 Å². The van der Waals surface area contributed by atoms with E-state index in [1.165, 1.54) is 0 Å². The summed E-state index contributed by atoms with van der Waals surface area (Å²) in [7, 11) is 0. The van der Waals surface area contributed by atoms with Gasteiger partial charge < -0.3 is 20.1 Å². The molecule has 0 bridgehead atoms. The van der Waals surface area contributed by atoms with Crippen molar-refractivity contribution in [2.45, 2.75) is 26.8 Å². The molecule has 5 nitrogen and oxygen atoms in total. The molecule has 0 fully saturated rings. The highest BCUT2D eigenvalue weighted by Gasteiger charge is 2.13. The molecule has 0 heterocycles. The third-order valence-corrected chi connectivity index (χ3v) is 4.13. The van der Waals surface area contributed by atoms with Crippen LogP contribution in [0.25, 0.3) is 0 Å². The maximum absolute atomic E-state index is 12.2. The predicted octanol–water partition coefficient (Wildman–Crippen LogP) is 3.40. The van der Waals surface area contributed by atoms with Crippen molar-refractivity contribution >= 4 is 23.2 Å². The first-order valence-electron chi connectivity index (χ1n) is 8.81. The molecule has 6 heteroatoms. The lowest BCUT2D eigenvalue weighted by atomic mass is 10.1. The molecule has 0 aliphatic carbocycles. The second-order valence-corrected chi connectivity index (χ2v) is 6.29. The first kappa shape index (κ1) is 20.1.